The normalized spacial score (nSPS) is 13.4. The summed E-state index contributed by atoms with van der Waals surface area (Å²) in [4.78, 5) is 0. The fourth-order valence-electron chi connectivity index (χ4n) is 0.835. The summed E-state index contributed by atoms with van der Waals surface area (Å²) in [6, 6.07) is 0. The largest absolute Gasteiger partial charge is 0.377 e. The SMILES string of the molecule is CCCCOC(C)CNCC. The predicted molar refractivity (Wildman–Crippen MR) is 48.9 cm³/mol. The summed E-state index contributed by atoms with van der Waals surface area (Å²) in [6.45, 7) is 9.31. The molecule has 0 aromatic carbocycles. The van der Waals surface area contributed by atoms with Crippen LogP contribution in [0.3, 0.4) is 0 Å². The average Bonchev–Trinajstić information content (AvgIpc) is 2.01. The Balaban J connectivity index is 3.02. The summed E-state index contributed by atoms with van der Waals surface area (Å²) >= 11 is 0. The third kappa shape index (κ3) is 7.82. The van der Waals surface area contributed by atoms with Crippen molar-refractivity contribution >= 4 is 0 Å². The molecule has 1 N–H and O–H groups in total. The summed E-state index contributed by atoms with van der Waals surface area (Å²) < 4.78 is 5.52. The number of rotatable bonds is 7. The average molecular weight is 159 g/mol. The van der Waals surface area contributed by atoms with Crippen molar-refractivity contribution in [3.63, 3.8) is 0 Å². The standard InChI is InChI=1S/C9H21NO/c1-4-6-7-11-9(3)8-10-5-2/h9-10H,4-8H2,1-3H3. The van der Waals surface area contributed by atoms with Crippen molar-refractivity contribution in [1.29, 1.82) is 0 Å². The highest BCUT2D eigenvalue weighted by Gasteiger charge is 1.98. The van der Waals surface area contributed by atoms with E-state index >= 15 is 0 Å². The maximum absolute atomic E-state index is 5.52. The van der Waals surface area contributed by atoms with Crippen molar-refractivity contribution in [3.05, 3.63) is 0 Å². The first-order chi connectivity index (χ1) is 5.31. The Bertz CT molecular complexity index is 76.0. The van der Waals surface area contributed by atoms with Crippen molar-refractivity contribution in [2.45, 2.75) is 39.7 Å². The van der Waals surface area contributed by atoms with Crippen LogP contribution in [-0.4, -0.2) is 25.8 Å². The second-order valence-corrected chi connectivity index (χ2v) is 2.84. The molecule has 0 bridgehead atoms. The van der Waals surface area contributed by atoms with Crippen LogP contribution < -0.4 is 5.32 Å². The molecule has 0 aromatic heterocycles. The number of hydrogen-bond acceptors (Lipinski definition) is 2. The van der Waals surface area contributed by atoms with E-state index in [9.17, 15) is 0 Å². The Morgan fingerprint density at radius 3 is 2.64 bits per heavy atom. The Labute approximate surface area is 70.3 Å². The molecule has 1 unspecified atom stereocenters. The molecule has 0 amide bonds. The van der Waals surface area contributed by atoms with Gasteiger partial charge in [-0.05, 0) is 19.9 Å². The molecule has 1 atom stereocenters. The molecule has 0 rings (SSSR count). The van der Waals surface area contributed by atoms with Gasteiger partial charge >= 0.3 is 0 Å². The van der Waals surface area contributed by atoms with Crippen LogP contribution in [0.4, 0.5) is 0 Å². The lowest BCUT2D eigenvalue weighted by molar-refractivity contribution is 0.0643. The quantitative estimate of drug-likeness (QED) is 0.572. The summed E-state index contributed by atoms with van der Waals surface area (Å²) in [5.74, 6) is 0. The van der Waals surface area contributed by atoms with E-state index < -0.39 is 0 Å². The number of likely N-dealkylation sites (N-methyl/N-ethyl adjacent to an activating group) is 1. The molecule has 11 heavy (non-hydrogen) atoms. The minimum Gasteiger partial charge on any atom is -0.377 e. The van der Waals surface area contributed by atoms with E-state index in [2.05, 4.69) is 26.1 Å². The second kappa shape index (κ2) is 8.02. The van der Waals surface area contributed by atoms with Crippen LogP contribution in [0.25, 0.3) is 0 Å². The fourth-order valence-corrected chi connectivity index (χ4v) is 0.835. The van der Waals surface area contributed by atoms with Gasteiger partial charge in [-0.1, -0.05) is 20.3 Å². The molecule has 0 aliphatic heterocycles. The van der Waals surface area contributed by atoms with Gasteiger partial charge in [0.2, 0.25) is 0 Å². The molecule has 0 spiro atoms. The van der Waals surface area contributed by atoms with Gasteiger partial charge in [0, 0.05) is 13.2 Å². The Kier molecular flexibility index (Phi) is 7.96. The van der Waals surface area contributed by atoms with Gasteiger partial charge in [-0.25, -0.2) is 0 Å². The van der Waals surface area contributed by atoms with Crippen LogP contribution in [0.5, 0.6) is 0 Å². The molecule has 0 aliphatic carbocycles. The van der Waals surface area contributed by atoms with Crippen molar-refractivity contribution in [2.75, 3.05) is 19.7 Å². The number of ether oxygens (including phenoxy) is 1. The lowest BCUT2D eigenvalue weighted by atomic mass is 10.3. The third-order valence-electron chi connectivity index (χ3n) is 1.58. The van der Waals surface area contributed by atoms with Gasteiger partial charge < -0.3 is 10.1 Å². The highest BCUT2D eigenvalue weighted by atomic mass is 16.5. The number of hydrogen-bond donors (Lipinski definition) is 1. The zero-order chi connectivity index (χ0) is 8.53. The zero-order valence-corrected chi connectivity index (χ0v) is 8.02. The van der Waals surface area contributed by atoms with Gasteiger partial charge in [0.1, 0.15) is 0 Å². The van der Waals surface area contributed by atoms with Crippen LogP contribution in [0.15, 0.2) is 0 Å². The summed E-state index contributed by atoms with van der Waals surface area (Å²) in [5.41, 5.74) is 0. The first-order valence-corrected chi connectivity index (χ1v) is 4.63. The molecular formula is C9H21NO. The molecule has 0 saturated carbocycles. The van der Waals surface area contributed by atoms with E-state index in [1.165, 1.54) is 12.8 Å². The fraction of sp³-hybridized carbons (Fsp3) is 1.00. The van der Waals surface area contributed by atoms with Crippen molar-refractivity contribution in [1.82, 2.24) is 5.32 Å². The van der Waals surface area contributed by atoms with E-state index in [0.29, 0.717) is 6.10 Å². The van der Waals surface area contributed by atoms with E-state index in [-0.39, 0.29) is 0 Å². The molecular weight excluding hydrogens is 138 g/mol. The van der Waals surface area contributed by atoms with Crippen LogP contribution in [0, 0.1) is 0 Å². The molecule has 0 saturated heterocycles. The molecule has 0 fully saturated rings. The van der Waals surface area contributed by atoms with E-state index in [1.54, 1.807) is 0 Å². The minimum absolute atomic E-state index is 0.362. The molecule has 68 valence electrons. The van der Waals surface area contributed by atoms with E-state index in [1.807, 2.05) is 0 Å². The van der Waals surface area contributed by atoms with Gasteiger partial charge in [0.25, 0.3) is 0 Å². The van der Waals surface area contributed by atoms with Gasteiger partial charge in [-0.15, -0.1) is 0 Å². The number of nitrogens with one attached hydrogen (secondary N) is 1. The molecule has 0 heterocycles. The Morgan fingerprint density at radius 2 is 2.09 bits per heavy atom. The summed E-state index contributed by atoms with van der Waals surface area (Å²) in [5, 5.41) is 3.25. The lowest BCUT2D eigenvalue weighted by Gasteiger charge is -2.12. The summed E-state index contributed by atoms with van der Waals surface area (Å²) in [6.07, 6.45) is 2.76. The van der Waals surface area contributed by atoms with Gasteiger partial charge in [0.15, 0.2) is 0 Å². The van der Waals surface area contributed by atoms with Gasteiger partial charge in [-0.3, -0.25) is 0 Å². The smallest absolute Gasteiger partial charge is 0.0671 e. The Morgan fingerprint density at radius 1 is 1.36 bits per heavy atom. The molecule has 0 radical (unpaired) electrons. The van der Waals surface area contributed by atoms with Crippen LogP contribution >= 0.6 is 0 Å². The van der Waals surface area contributed by atoms with Crippen molar-refractivity contribution < 1.29 is 4.74 Å². The van der Waals surface area contributed by atoms with Crippen molar-refractivity contribution in [2.24, 2.45) is 0 Å². The summed E-state index contributed by atoms with van der Waals surface area (Å²) in [7, 11) is 0. The van der Waals surface area contributed by atoms with Crippen LogP contribution in [-0.2, 0) is 4.74 Å². The van der Waals surface area contributed by atoms with Gasteiger partial charge in [0.05, 0.1) is 6.10 Å². The highest BCUT2D eigenvalue weighted by Crippen LogP contribution is 1.93. The number of unbranched alkanes of at least 4 members (excludes halogenated alkanes) is 1. The maximum Gasteiger partial charge on any atom is 0.0671 e. The van der Waals surface area contributed by atoms with Crippen LogP contribution in [0.2, 0.25) is 0 Å². The maximum atomic E-state index is 5.52. The Hall–Kier alpha value is -0.0800. The molecule has 2 nitrogen and oxygen atoms in total. The van der Waals surface area contributed by atoms with Crippen molar-refractivity contribution in [3.8, 4) is 0 Å². The first kappa shape index (κ1) is 10.9. The molecule has 0 aromatic rings. The third-order valence-corrected chi connectivity index (χ3v) is 1.58. The monoisotopic (exact) mass is 159 g/mol. The van der Waals surface area contributed by atoms with Crippen LogP contribution in [0.1, 0.15) is 33.6 Å². The lowest BCUT2D eigenvalue weighted by Crippen LogP contribution is -2.26. The zero-order valence-electron chi connectivity index (χ0n) is 8.02. The molecule has 0 aliphatic rings. The predicted octanol–water partition coefficient (Wildman–Crippen LogP) is 1.80. The highest BCUT2D eigenvalue weighted by molar-refractivity contribution is 4.53. The topological polar surface area (TPSA) is 21.3 Å². The second-order valence-electron chi connectivity index (χ2n) is 2.84. The van der Waals surface area contributed by atoms with E-state index in [4.69, 9.17) is 4.74 Å². The van der Waals surface area contributed by atoms with Gasteiger partial charge in [-0.2, -0.15) is 0 Å². The molecule has 2 heteroatoms. The first-order valence-electron chi connectivity index (χ1n) is 4.63. The van der Waals surface area contributed by atoms with E-state index in [0.717, 1.165) is 19.7 Å². The minimum atomic E-state index is 0.362.